The first-order chi connectivity index (χ1) is 7.24. The van der Waals surface area contributed by atoms with Crippen LogP contribution in [-0.4, -0.2) is 18.6 Å². The zero-order chi connectivity index (χ0) is 10.7. The minimum absolute atomic E-state index is 0.481. The van der Waals surface area contributed by atoms with Crippen molar-refractivity contribution >= 4 is 0 Å². The van der Waals surface area contributed by atoms with Crippen LogP contribution in [0.3, 0.4) is 0 Å². The van der Waals surface area contributed by atoms with E-state index < -0.39 is 0 Å². The van der Waals surface area contributed by atoms with Crippen LogP contribution < -0.4 is 11.1 Å². The van der Waals surface area contributed by atoms with Gasteiger partial charge in [0.05, 0.1) is 0 Å². The summed E-state index contributed by atoms with van der Waals surface area (Å²) in [6.45, 7) is 3.64. The first-order valence-corrected chi connectivity index (χ1v) is 6.73. The molecule has 0 saturated heterocycles. The minimum Gasteiger partial charge on any atom is -0.328 e. The van der Waals surface area contributed by atoms with Crippen molar-refractivity contribution in [2.75, 3.05) is 6.54 Å². The molecule has 0 aliphatic heterocycles. The number of hydrogen-bond donors (Lipinski definition) is 2. The van der Waals surface area contributed by atoms with Gasteiger partial charge in [0.2, 0.25) is 0 Å². The molecular weight excluding hydrogens is 184 g/mol. The van der Waals surface area contributed by atoms with E-state index in [-0.39, 0.29) is 0 Å². The maximum Gasteiger partial charge on any atom is 0.00683 e. The van der Waals surface area contributed by atoms with Gasteiger partial charge in [-0.05, 0) is 56.9 Å². The van der Waals surface area contributed by atoms with Gasteiger partial charge < -0.3 is 11.1 Å². The van der Waals surface area contributed by atoms with Gasteiger partial charge in [-0.3, -0.25) is 0 Å². The zero-order valence-corrected chi connectivity index (χ0v) is 10.0. The molecule has 88 valence electrons. The van der Waals surface area contributed by atoms with Crippen LogP contribution in [0.25, 0.3) is 0 Å². The molecule has 2 saturated carbocycles. The molecule has 0 amide bonds. The molecule has 0 heterocycles. The highest BCUT2D eigenvalue weighted by Crippen LogP contribution is 2.30. The molecule has 2 rings (SSSR count). The van der Waals surface area contributed by atoms with Crippen LogP contribution in [0.5, 0.6) is 0 Å². The Morgan fingerprint density at radius 2 is 1.80 bits per heavy atom. The largest absolute Gasteiger partial charge is 0.328 e. The molecule has 0 bridgehead atoms. The first kappa shape index (κ1) is 11.4. The van der Waals surface area contributed by atoms with Gasteiger partial charge in [0.1, 0.15) is 0 Å². The molecule has 2 aliphatic rings. The van der Waals surface area contributed by atoms with E-state index in [0.717, 1.165) is 17.9 Å². The lowest BCUT2D eigenvalue weighted by molar-refractivity contribution is 0.323. The van der Waals surface area contributed by atoms with Gasteiger partial charge in [-0.1, -0.05) is 13.3 Å². The lowest BCUT2D eigenvalue weighted by Crippen LogP contribution is -2.39. The first-order valence-electron chi connectivity index (χ1n) is 6.73. The summed E-state index contributed by atoms with van der Waals surface area (Å²) >= 11 is 0. The fourth-order valence-electron chi connectivity index (χ4n) is 3.17. The Bertz CT molecular complexity index is 185. The van der Waals surface area contributed by atoms with Crippen LogP contribution >= 0.6 is 0 Å². The summed E-state index contributed by atoms with van der Waals surface area (Å²) in [7, 11) is 0. The van der Waals surface area contributed by atoms with Crippen molar-refractivity contribution in [2.24, 2.45) is 17.6 Å². The summed E-state index contributed by atoms with van der Waals surface area (Å²) in [5.74, 6) is 1.92. The van der Waals surface area contributed by atoms with Crippen molar-refractivity contribution in [1.82, 2.24) is 5.32 Å². The van der Waals surface area contributed by atoms with E-state index in [0.29, 0.717) is 6.04 Å². The summed E-state index contributed by atoms with van der Waals surface area (Å²) in [6.07, 6.45) is 9.37. The summed E-state index contributed by atoms with van der Waals surface area (Å²) in [5.41, 5.74) is 5.91. The van der Waals surface area contributed by atoms with Crippen molar-refractivity contribution < 1.29 is 0 Å². The van der Waals surface area contributed by atoms with Crippen LogP contribution in [0.2, 0.25) is 0 Å². The van der Waals surface area contributed by atoms with Crippen molar-refractivity contribution in [3.8, 4) is 0 Å². The molecule has 0 aromatic rings. The average molecular weight is 210 g/mol. The van der Waals surface area contributed by atoms with Crippen LogP contribution in [0.4, 0.5) is 0 Å². The predicted molar refractivity (Wildman–Crippen MR) is 64.7 cm³/mol. The van der Waals surface area contributed by atoms with Gasteiger partial charge in [-0.2, -0.15) is 0 Å². The molecule has 0 aromatic heterocycles. The second kappa shape index (κ2) is 5.31. The van der Waals surface area contributed by atoms with Crippen LogP contribution in [0.1, 0.15) is 51.9 Å². The third-order valence-electron chi connectivity index (χ3n) is 4.27. The highest BCUT2D eigenvalue weighted by atomic mass is 14.9. The van der Waals surface area contributed by atoms with Crippen molar-refractivity contribution in [2.45, 2.75) is 64.0 Å². The summed E-state index contributed by atoms with van der Waals surface area (Å²) in [5, 5.41) is 3.75. The summed E-state index contributed by atoms with van der Waals surface area (Å²) in [4.78, 5) is 0. The third kappa shape index (κ3) is 3.46. The fraction of sp³-hybridized carbons (Fsp3) is 1.00. The smallest absolute Gasteiger partial charge is 0.00683 e. The minimum atomic E-state index is 0.481. The van der Waals surface area contributed by atoms with Crippen LogP contribution in [0, 0.1) is 11.8 Å². The lowest BCUT2D eigenvalue weighted by Gasteiger charge is -2.28. The van der Waals surface area contributed by atoms with Gasteiger partial charge in [0, 0.05) is 12.1 Å². The van der Waals surface area contributed by atoms with E-state index in [9.17, 15) is 0 Å². The molecule has 2 fully saturated rings. The second-order valence-corrected chi connectivity index (χ2v) is 5.80. The van der Waals surface area contributed by atoms with Crippen LogP contribution in [0.15, 0.2) is 0 Å². The highest BCUT2D eigenvalue weighted by molar-refractivity contribution is 4.81. The Kier molecular flexibility index (Phi) is 4.04. The molecule has 15 heavy (non-hydrogen) atoms. The average Bonchev–Trinajstić information content (AvgIpc) is 2.64. The van der Waals surface area contributed by atoms with Crippen molar-refractivity contribution in [1.29, 1.82) is 0 Å². The molecule has 2 nitrogen and oxygen atoms in total. The molecule has 2 atom stereocenters. The lowest BCUT2D eigenvalue weighted by atomic mass is 9.91. The fourth-order valence-corrected chi connectivity index (χ4v) is 3.17. The monoisotopic (exact) mass is 210 g/mol. The molecule has 2 aliphatic carbocycles. The van der Waals surface area contributed by atoms with Gasteiger partial charge in [0.25, 0.3) is 0 Å². The second-order valence-electron chi connectivity index (χ2n) is 5.80. The van der Waals surface area contributed by atoms with Gasteiger partial charge in [-0.15, -0.1) is 0 Å². The standard InChI is InChI=1S/C13H26N2/c1-10-2-3-11(8-10)9-15-13-6-4-12(14)5-7-13/h10-13,15H,2-9,14H2,1H3. The van der Waals surface area contributed by atoms with E-state index in [1.165, 1.54) is 51.5 Å². The number of nitrogens with two attached hydrogens (primary N) is 1. The number of hydrogen-bond acceptors (Lipinski definition) is 2. The van der Waals surface area contributed by atoms with Crippen LogP contribution in [-0.2, 0) is 0 Å². The molecule has 0 aromatic carbocycles. The molecule has 2 unspecified atom stereocenters. The number of nitrogens with one attached hydrogen (secondary N) is 1. The summed E-state index contributed by atoms with van der Waals surface area (Å²) in [6, 6.07) is 1.25. The Morgan fingerprint density at radius 3 is 2.40 bits per heavy atom. The van der Waals surface area contributed by atoms with Crippen molar-refractivity contribution in [3.05, 3.63) is 0 Å². The Balaban J connectivity index is 1.61. The molecule has 0 spiro atoms. The topological polar surface area (TPSA) is 38.0 Å². The van der Waals surface area contributed by atoms with E-state index in [4.69, 9.17) is 5.73 Å². The zero-order valence-electron chi connectivity index (χ0n) is 10.0. The van der Waals surface area contributed by atoms with E-state index in [2.05, 4.69) is 12.2 Å². The van der Waals surface area contributed by atoms with Gasteiger partial charge in [0.15, 0.2) is 0 Å². The maximum atomic E-state index is 5.91. The Hall–Kier alpha value is -0.0800. The third-order valence-corrected chi connectivity index (χ3v) is 4.27. The van der Waals surface area contributed by atoms with Crippen molar-refractivity contribution in [3.63, 3.8) is 0 Å². The maximum absolute atomic E-state index is 5.91. The Morgan fingerprint density at radius 1 is 1.07 bits per heavy atom. The van der Waals surface area contributed by atoms with E-state index in [1.807, 2.05) is 0 Å². The number of rotatable bonds is 3. The normalized spacial score (nSPS) is 42.0. The summed E-state index contributed by atoms with van der Waals surface area (Å²) < 4.78 is 0. The quantitative estimate of drug-likeness (QED) is 0.750. The molecule has 3 N–H and O–H groups in total. The highest BCUT2D eigenvalue weighted by Gasteiger charge is 2.23. The van der Waals surface area contributed by atoms with Gasteiger partial charge in [-0.25, -0.2) is 0 Å². The SMILES string of the molecule is CC1CCC(CNC2CCC(N)CC2)C1. The molecule has 2 heteroatoms. The van der Waals surface area contributed by atoms with E-state index in [1.54, 1.807) is 0 Å². The molecular formula is C13H26N2. The van der Waals surface area contributed by atoms with E-state index >= 15 is 0 Å². The van der Waals surface area contributed by atoms with Gasteiger partial charge >= 0.3 is 0 Å². The predicted octanol–water partition coefficient (Wildman–Crippen LogP) is 2.28. The molecule has 0 radical (unpaired) electrons. The Labute approximate surface area is 94.0 Å².